The zero-order valence-corrected chi connectivity index (χ0v) is 7.46. The summed E-state index contributed by atoms with van der Waals surface area (Å²) in [6, 6.07) is 0. The van der Waals surface area contributed by atoms with Crippen molar-refractivity contribution in [3.8, 4) is 0 Å². The first-order valence-electron chi connectivity index (χ1n) is 0.469. The summed E-state index contributed by atoms with van der Waals surface area (Å²) in [7, 11) is 12.4. The van der Waals surface area contributed by atoms with Gasteiger partial charge in [-0.1, -0.05) is 0 Å². The summed E-state index contributed by atoms with van der Waals surface area (Å²) in [6.07, 6.45) is 0. The number of hydrogen-bond donors (Lipinski definition) is 0. The van der Waals surface area contributed by atoms with Gasteiger partial charge in [0.15, 0.2) is 0 Å². The Kier molecular flexibility index (Phi) is 33.8. The van der Waals surface area contributed by atoms with E-state index >= 15 is 0 Å². The Morgan fingerprint density at radius 1 is 1.20 bits per heavy atom. The SMILES string of the molecule is [S]=[Co].[S]=[Mo]=[S]. The molecule has 0 fully saturated rings. The van der Waals surface area contributed by atoms with E-state index in [1.807, 2.05) is 0 Å². The molecule has 33 valence electrons. The molecule has 0 spiro atoms. The molecular formula is CoMoS3. The van der Waals surface area contributed by atoms with Crippen molar-refractivity contribution in [1.82, 2.24) is 0 Å². The van der Waals surface area contributed by atoms with E-state index in [9.17, 15) is 0 Å². The third-order valence-electron chi connectivity index (χ3n) is 0. The van der Waals surface area contributed by atoms with Crippen molar-refractivity contribution in [3.05, 3.63) is 0 Å². The van der Waals surface area contributed by atoms with Crippen LogP contribution < -0.4 is 0 Å². The van der Waals surface area contributed by atoms with Crippen molar-refractivity contribution in [1.29, 1.82) is 0 Å². The Hall–Kier alpha value is 1.85. The van der Waals surface area contributed by atoms with E-state index in [-0.39, 0.29) is 14.9 Å². The molecule has 0 aliphatic rings. The Morgan fingerprint density at radius 2 is 1.20 bits per heavy atom. The normalized spacial score (nSPS) is 3.40. The molecule has 0 heterocycles. The van der Waals surface area contributed by atoms with Gasteiger partial charge in [-0.15, -0.1) is 0 Å². The van der Waals surface area contributed by atoms with Crippen molar-refractivity contribution in [2.24, 2.45) is 0 Å². The van der Waals surface area contributed by atoms with Crippen LogP contribution in [0.1, 0.15) is 0 Å². The van der Waals surface area contributed by atoms with Gasteiger partial charge in [0.25, 0.3) is 0 Å². The predicted molar refractivity (Wildman–Crippen MR) is 22.8 cm³/mol. The van der Waals surface area contributed by atoms with Crippen LogP contribution in [0.15, 0.2) is 0 Å². The van der Waals surface area contributed by atoms with E-state index < -0.39 is 0 Å². The van der Waals surface area contributed by atoms with Crippen molar-refractivity contribution in [2.45, 2.75) is 0 Å². The molecular weight excluding hydrogens is 251 g/mol. The minimum absolute atomic E-state index is 0.363. The summed E-state index contributed by atoms with van der Waals surface area (Å²) < 4.78 is 0. The monoisotopic (exact) mass is 253 g/mol. The van der Waals surface area contributed by atoms with E-state index in [1.54, 1.807) is 0 Å². The summed E-state index contributed by atoms with van der Waals surface area (Å²) in [5.41, 5.74) is 0. The zero-order chi connectivity index (χ0) is 4.71. The molecule has 0 nitrogen and oxygen atoms in total. The van der Waals surface area contributed by atoms with Crippen LogP contribution in [0.3, 0.4) is 0 Å². The van der Waals surface area contributed by atoms with Crippen molar-refractivity contribution >= 4 is 30.2 Å². The summed E-state index contributed by atoms with van der Waals surface area (Å²) >= 11 is 2.78. The Labute approximate surface area is 58.6 Å². The molecule has 0 rings (SSSR count). The third-order valence-corrected chi connectivity index (χ3v) is 0. The summed E-state index contributed by atoms with van der Waals surface area (Å²) in [5, 5.41) is 0. The average Bonchev–Trinajstić information content (AvgIpc) is 1.46. The van der Waals surface area contributed by atoms with Gasteiger partial charge in [-0.3, -0.25) is 0 Å². The summed E-state index contributed by atoms with van der Waals surface area (Å²) in [4.78, 5) is 0. The van der Waals surface area contributed by atoms with Gasteiger partial charge in [-0.05, 0) is 0 Å². The van der Waals surface area contributed by atoms with Crippen LogP contribution in [0.25, 0.3) is 0 Å². The van der Waals surface area contributed by atoms with E-state index in [2.05, 4.69) is 44.4 Å². The Balaban J connectivity index is 0. The fraction of sp³-hybridized carbons (Fsp3) is 0. The average molecular weight is 251 g/mol. The fourth-order valence-corrected chi connectivity index (χ4v) is 0. The second kappa shape index (κ2) is 16.9. The molecule has 0 bridgehead atoms. The third kappa shape index (κ3) is 25.3. The number of hydrogen-bond acceptors (Lipinski definition) is 3. The van der Waals surface area contributed by atoms with E-state index in [1.165, 1.54) is 0 Å². The van der Waals surface area contributed by atoms with Crippen LogP contribution in [-0.2, 0) is 29.0 Å². The van der Waals surface area contributed by atoms with Gasteiger partial charge in [0.05, 0.1) is 0 Å². The van der Waals surface area contributed by atoms with Gasteiger partial charge >= 0.3 is 59.3 Å². The molecule has 0 atom stereocenters. The first kappa shape index (κ1) is 9.97. The van der Waals surface area contributed by atoms with Crippen LogP contribution in [-0.4, -0.2) is 0 Å². The van der Waals surface area contributed by atoms with Crippen molar-refractivity contribution < 1.29 is 29.0 Å². The summed E-state index contributed by atoms with van der Waals surface area (Å²) in [6.45, 7) is 0. The molecule has 0 saturated heterocycles. The van der Waals surface area contributed by atoms with E-state index in [0.717, 1.165) is 0 Å². The molecule has 0 aliphatic carbocycles. The standard InChI is InChI=1S/Co.Mo.3S. The second-order valence-corrected chi connectivity index (χ2v) is 3.62. The topological polar surface area (TPSA) is 0 Å². The van der Waals surface area contributed by atoms with Gasteiger partial charge in [-0.25, -0.2) is 0 Å². The zero-order valence-electron chi connectivity index (χ0n) is 1.97. The van der Waals surface area contributed by atoms with Crippen LogP contribution in [0.2, 0.25) is 0 Å². The van der Waals surface area contributed by atoms with Crippen LogP contribution in [0.4, 0.5) is 0 Å². The van der Waals surface area contributed by atoms with Crippen molar-refractivity contribution in [2.75, 3.05) is 0 Å². The molecule has 0 radical (unpaired) electrons. The molecule has 0 aromatic heterocycles. The second-order valence-electron chi connectivity index (χ2n) is 0.0680. The quantitative estimate of drug-likeness (QED) is 0.604. The first-order chi connectivity index (χ1) is 2.41. The van der Waals surface area contributed by atoms with Gasteiger partial charge in [0.2, 0.25) is 0 Å². The minimum atomic E-state index is -0.363. The molecule has 0 aromatic rings. The van der Waals surface area contributed by atoms with Crippen LogP contribution in [0.5, 0.6) is 0 Å². The Bertz CT molecular complexity index is 36.2. The molecule has 0 aliphatic heterocycles. The van der Waals surface area contributed by atoms with Gasteiger partial charge in [-0.2, -0.15) is 0 Å². The molecule has 5 heavy (non-hydrogen) atoms. The molecule has 0 unspecified atom stereocenters. The maximum absolute atomic E-state index is 4.34. The van der Waals surface area contributed by atoms with E-state index in [4.69, 9.17) is 0 Å². The molecule has 0 N–H and O–H groups in total. The Morgan fingerprint density at radius 3 is 1.20 bits per heavy atom. The first-order valence-corrected chi connectivity index (χ1v) is 7.60. The van der Waals surface area contributed by atoms with Gasteiger partial charge in [0.1, 0.15) is 0 Å². The predicted octanol–water partition coefficient (Wildman–Crippen LogP) is 1.94. The van der Waals surface area contributed by atoms with E-state index in [0.29, 0.717) is 0 Å². The van der Waals surface area contributed by atoms with Crippen LogP contribution >= 0.6 is 30.2 Å². The molecule has 0 aromatic carbocycles. The number of rotatable bonds is 0. The van der Waals surface area contributed by atoms with Crippen molar-refractivity contribution in [3.63, 3.8) is 0 Å². The molecule has 5 heteroatoms. The summed E-state index contributed by atoms with van der Waals surface area (Å²) in [5.74, 6) is 0. The van der Waals surface area contributed by atoms with Gasteiger partial charge in [0, 0.05) is 0 Å². The molecule has 0 saturated carbocycles. The van der Waals surface area contributed by atoms with Crippen LogP contribution in [0, 0.1) is 0 Å². The maximum atomic E-state index is 4.34. The fourth-order valence-electron chi connectivity index (χ4n) is 0. The van der Waals surface area contributed by atoms with Gasteiger partial charge < -0.3 is 0 Å². The molecule has 0 amide bonds.